The van der Waals surface area contributed by atoms with Gasteiger partial charge < -0.3 is 23.6 Å². The molecule has 142 valence electrons. The van der Waals surface area contributed by atoms with E-state index in [0.717, 1.165) is 0 Å². The van der Waals surface area contributed by atoms with E-state index in [9.17, 15) is 14.7 Å². The second-order valence-electron chi connectivity index (χ2n) is 6.25. The van der Waals surface area contributed by atoms with Crippen LogP contribution in [0.5, 0.6) is 5.75 Å². The third-order valence-corrected chi connectivity index (χ3v) is 4.60. The van der Waals surface area contributed by atoms with Crippen LogP contribution in [0.2, 0.25) is 0 Å². The molecule has 0 saturated carbocycles. The highest BCUT2D eigenvalue weighted by Gasteiger charge is 2.47. The Morgan fingerprint density at radius 1 is 1.11 bits per heavy atom. The normalized spacial score (nSPS) is 18.6. The number of likely N-dealkylation sites (tertiary alicyclic amines) is 1. The van der Waals surface area contributed by atoms with Crippen molar-refractivity contribution in [2.45, 2.75) is 12.6 Å². The van der Waals surface area contributed by atoms with Gasteiger partial charge in [0.1, 0.15) is 29.1 Å². The van der Waals surface area contributed by atoms with Crippen molar-refractivity contribution in [3.8, 4) is 5.75 Å². The first-order chi connectivity index (χ1) is 13.6. The summed E-state index contributed by atoms with van der Waals surface area (Å²) in [6.45, 7) is 0.0673. The number of hydrogen-bond donors (Lipinski definition) is 1. The SMILES string of the molecule is COc1cccc(C(O)=C2C(=O)C(=O)N(Cc3ccco3)[C@@H]2c2ccco2)c1. The number of ether oxygens (including phenoxy) is 1. The molecule has 1 atom stereocenters. The summed E-state index contributed by atoms with van der Waals surface area (Å²) in [5.74, 6) is -0.408. The van der Waals surface area contributed by atoms with E-state index >= 15 is 0 Å². The lowest BCUT2D eigenvalue weighted by atomic mass is 9.99. The summed E-state index contributed by atoms with van der Waals surface area (Å²) in [4.78, 5) is 26.9. The van der Waals surface area contributed by atoms with Crippen molar-refractivity contribution in [3.05, 3.63) is 83.7 Å². The van der Waals surface area contributed by atoms with Crippen LogP contribution in [0.4, 0.5) is 0 Å². The van der Waals surface area contributed by atoms with Crippen LogP contribution in [0.3, 0.4) is 0 Å². The maximum absolute atomic E-state index is 12.8. The Labute approximate surface area is 160 Å². The van der Waals surface area contributed by atoms with Crippen molar-refractivity contribution in [3.63, 3.8) is 0 Å². The van der Waals surface area contributed by atoms with E-state index in [0.29, 0.717) is 22.8 Å². The van der Waals surface area contributed by atoms with Crippen molar-refractivity contribution in [2.75, 3.05) is 7.11 Å². The molecule has 0 unspecified atom stereocenters. The highest BCUT2D eigenvalue weighted by Crippen LogP contribution is 2.40. The van der Waals surface area contributed by atoms with Gasteiger partial charge in [-0.1, -0.05) is 12.1 Å². The van der Waals surface area contributed by atoms with Crippen molar-refractivity contribution in [1.29, 1.82) is 0 Å². The number of aliphatic hydroxyl groups is 1. The number of rotatable bonds is 5. The smallest absolute Gasteiger partial charge is 0.296 e. The largest absolute Gasteiger partial charge is 0.507 e. The summed E-state index contributed by atoms with van der Waals surface area (Å²) >= 11 is 0. The van der Waals surface area contributed by atoms with Gasteiger partial charge in [0.15, 0.2) is 0 Å². The summed E-state index contributed by atoms with van der Waals surface area (Å²) < 4.78 is 16.0. The van der Waals surface area contributed by atoms with E-state index < -0.39 is 17.7 Å². The molecule has 1 aliphatic rings. The second kappa shape index (κ2) is 7.11. The lowest BCUT2D eigenvalue weighted by Gasteiger charge is -2.22. The number of benzene rings is 1. The zero-order valence-electron chi connectivity index (χ0n) is 15.0. The van der Waals surface area contributed by atoms with E-state index in [-0.39, 0.29) is 17.9 Å². The molecule has 1 saturated heterocycles. The number of furan rings is 2. The number of amides is 1. The third-order valence-electron chi connectivity index (χ3n) is 4.60. The van der Waals surface area contributed by atoms with Crippen molar-refractivity contribution >= 4 is 17.4 Å². The molecular weight excluding hydrogens is 362 g/mol. The molecule has 1 amide bonds. The van der Waals surface area contributed by atoms with Crippen LogP contribution in [-0.2, 0) is 16.1 Å². The minimum Gasteiger partial charge on any atom is -0.507 e. The van der Waals surface area contributed by atoms with Gasteiger partial charge in [0.25, 0.3) is 11.7 Å². The van der Waals surface area contributed by atoms with Gasteiger partial charge in [-0.2, -0.15) is 0 Å². The second-order valence-corrected chi connectivity index (χ2v) is 6.25. The Hall–Kier alpha value is -3.74. The fraction of sp³-hybridized carbons (Fsp3) is 0.143. The van der Waals surface area contributed by atoms with E-state index in [1.54, 1.807) is 48.5 Å². The van der Waals surface area contributed by atoms with Crippen molar-refractivity contribution in [1.82, 2.24) is 4.90 Å². The number of carbonyl (C=O) groups is 2. The van der Waals surface area contributed by atoms with Gasteiger partial charge in [-0.25, -0.2) is 0 Å². The van der Waals surface area contributed by atoms with Crippen molar-refractivity contribution < 1.29 is 28.3 Å². The zero-order valence-corrected chi connectivity index (χ0v) is 15.0. The van der Waals surface area contributed by atoms with Gasteiger partial charge in [-0.05, 0) is 36.4 Å². The fourth-order valence-corrected chi connectivity index (χ4v) is 3.28. The molecule has 7 heteroatoms. The summed E-state index contributed by atoms with van der Waals surface area (Å²) in [6, 6.07) is 12.5. The molecule has 0 spiro atoms. The van der Waals surface area contributed by atoms with Gasteiger partial charge in [0.2, 0.25) is 0 Å². The molecule has 1 fully saturated rings. The highest BCUT2D eigenvalue weighted by molar-refractivity contribution is 6.46. The predicted octanol–water partition coefficient (Wildman–Crippen LogP) is 3.50. The maximum atomic E-state index is 12.8. The molecule has 1 aromatic carbocycles. The van der Waals surface area contributed by atoms with Crippen LogP contribution in [0.25, 0.3) is 5.76 Å². The summed E-state index contributed by atoms with van der Waals surface area (Å²) in [6.07, 6.45) is 2.94. The average molecular weight is 379 g/mol. The minimum absolute atomic E-state index is 0.0419. The summed E-state index contributed by atoms with van der Waals surface area (Å²) in [5, 5.41) is 10.9. The Bertz CT molecular complexity index is 1030. The standard InChI is InChI=1S/C21H17NO6/c1-26-14-6-2-5-13(11-14)19(23)17-18(16-8-4-10-28-16)22(21(25)20(17)24)12-15-7-3-9-27-15/h2-11,18,23H,12H2,1H3/t18-/m1/s1. The Morgan fingerprint density at radius 2 is 1.89 bits per heavy atom. The molecule has 2 aromatic heterocycles. The molecular formula is C21H17NO6. The first-order valence-electron chi connectivity index (χ1n) is 8.58. The summed E-state index contributed by atoms with van der Waals surface area (Å²) in [5.41, 5.74) is 0.326. The topological polar surface area (TPSA) is 93.1 Å². The minimum atomic E-state index is -0.869. The molecule has 0 bridgehead atoms. The number of Topliss-reactive ketones (excluding diaryl/α,β-unsaturated/α-hetero) is 1. The number of ketones is 1. The lowest BCUT2D eigenvalue weighted by Crippen LogP contribution is -2.28. The first kappa shape index (κ1) is 17.7. The Balaban J connectivity index is 1.84. The van der Waals surface area contributed by atoms with E-state index in [1.165, 1.54) is 24.5 Å². The predicted molar refractivity (Wildman–Crippen MR) is 98.3 cm³/mol. The average Bonchev–Trinajstić information content (AvgIpc) is 3.46. The van der Waals surface area contributed by atoms with Crippen LogP contribution in [-0.4, -0.2) is 28.8 Å². The van der Waals surface area contributed by atoms with E-state index in [4.69, 9.17) is 13.6 Å². The fourth-order valence-electron chi connectivity index (χ4n) is 3.28. The molecule has 3 heterocycles. The number of methoxy groups -OCH3 is 1. The quantitative estimate of drug-likeness (QED) is 0.414. The molecule has 1 aliphatic heterocycles. The monoisotopic (exact) mass is 379 g/mol. The number of carbonyl (C=O) groups excluding carboxylic acids is 2. The molecule has 0 aliphatic carbocycles. The highest BCUT2D eigenvalue weighted by atomic mass is 16.5. The Kier molecular flexibility index (Phi) is 4.49. The first-order valence-corrected chi connectivity index (χ1v) is 8.58. The molecule has 0 radical (unpaired) electrons. The van der Waals surface area contributed by atoms with Crippen molar-refractivity contribution in [2.24, 2.45) is 0 Å². The molecule has 7 nitrogen and oxygen atoms in total. The van der Waals surface area contributed by atoms with Gasteiger partial charge in [-0.3, -0.25) is 9.59 Å². The lowest BCUT2D eigenvalue weighted by molar-refractivity contribution is -0.140. The molecule has 28 heavy (non-hydrogen) atoms. The Morgan fingerprint density at radius 3 is 2.57 bits per heavy atom. The van der Waals surface area contributed by atoms with Gasteiger partial charge in [0.05, 0.1) is 31.8 Å². The molecule has 4 rings (SSSR count). The maximum Gasteiger partial charge on any atom is 0.296 e. The molecule has 3 aromatic rings. The van der Waals surface area contributed by atoms with Crippen LogP contribution >= 0.6 is 0 Å². The summed E-state index contributed by atoms with van der Waals surface area (Å²) in [7, 11) is 1.50. The number of nitrogens with zero attached hydrogens (tertiary/aromatic N) is 1. The van der Waals surface area contributed by atoms with Gasteiger partial charge >= 0.3 is 0 Å². The van der Waals surface area contributed by atoms with Gasteiger partial charge in [0, 0.05) is 5.56 Å². The number of aliphatic hydroxyl groups excluding tert-OH is 1. The van der Waals surface area contributed by atoms with Gasteiger partial charge in [-0.15, -0.1) is 0 Å². The number of hydrogen-bond acceptors (Lipinski definition) is 6. The zero-order chi connectivity index (χ0) is 19.7. The third kappa shape index (κ3) is 2.96. The van der Waals surface area contributed by atoms with Crippen LogP contribution < -0.4 is 4.74 Å². The van der Waals surface area contributed by atoms with Crippen LogP contribution in [0.1, 0.15) is 23.1 Å². The van der Waals surface area contributed by atoms with E-state index in [2.05, 4.69) is 0 Å². The van der Waals surface area contributed by atoms with Crippen LogP contribution in [0, 0.1) is 0 Å². The van der Waals surface area contributed by atoms with Crippen LogP contribution in [0.15, 0.2) is 75.5 Å². The molecule has 1 N–H and O–H groups in total. The van der Waals surface area contributed by atoms with E-state index in [1.807, 2.05) is 0 Å².